The first kappa shape index (κ1) is 17.4. The quantitative estimate of drug-likeness (QED) is 0.767. The lowest BCUT2D eigenvalue weighted by molar-refractivity contribution is 0.0792. The van der Waals surface area contributed by atoms with Gasteiger partial charge in [0.05, 0.1) is 14.2 Å². The number of nitrogens with zero attached hydrogens (tertiary/aromatic N) is 2. The Hall–Kier alpha value is -1.95. The largest absolute Gasteiger partial charge is 0.493 e. The summed E-state index contributed by atoms with van der Waals surface area (Å²) in [5.41, 5.74) is 0.570. The van der Waals surface area contributed by atoms with E-state index < -0.39 is 0 Å². The molecule has 1 heterocycles. The number of rotatable bonds is 7. The zero-order valence-corrected chi connectivity index (χ0v) is 14.4. The molecule has 128 valence electrons. The molecule has 0 aliphatic carbocycles. The van der Waals surface area contributed by atoms with Crippen molar-refractivity contribution in [1.82, 2.24) is 9.80 Å². The average Bonchev–Trinajstić information content (AvgIpc) is 3.08. The van der Waals surface area contributed by atoms with E-state index in [0.717, 1.165) is 32.5 Å². The minimum absolute atomic E-state index is 0.0129. The van der Waals surface area contributed by atoms with Crippen LogP contribution in [0.15, 0.2) is 12.1 Å². The molecule has 1 aromatic carbocycles. The number of ether oxygens (including phenoxy) is 3. The second kappa shape index (κ2) is 8.06. The van der Waals surface area contributed by atoms with Crippen molar-refractivity contribution in [1.29, 1.82) is 0 Å². The van der Waals surface area contributed by atoms with Crippen LogP contribution in [-0.2, 0) is 0 Å². The predicted octanol–water partition coefficient (Wildman–Crippen LogP) is 1.88. The number of methoxy groups -OCH3 is 2. The van der Waals surface area contributed by atoms with E-state index in [9.17, 15) is 4.79 Å². The van der Waals surface area contributed by atoms with Gasteiger partial charge in [-0.2, -0.15) is 0 Å². The number of amides is 1. The van der Waals surface area contributed by atoms with Crippen molar-refractivity contribution >= 4 is 5.91 Å². The molecule has 1 aliphatic rings. The lowest BCUT2D eigenvalue weighted by Gasteiger charge is -2.19. The van der Waals surface area contributed by atoms with Crippen LogP contribution in [-0.4, -0.2) is 70.3 Å². The molecule has 1 saturated heterocycles. The maximum atomic E-state index is 12.6. The van der Waals surface area contributed by atoms with E-state index in [1.807, 2.05) is 23.9 Å². The molecule has 1 amide bonds. The highest BCUT2D eigenvalue weighted by atomic mass is 16.5. The Kier molecular flexibility index (Phi) is 6.10. The Bertz CT molecular complexity index is 514. The summed E-state index contributed by atoms with van der Waals surface area (Å²) in [5, 5.41) is 0. The molecule has 0 N–H and O–H groups in total. The van der Waals surface area contributed by atoms with E-state index in [-0.39, 0.29) is 5.91 Å². The van der Waals surface area contributed by atoms with Gasteiger partial charge >= 0.3 is 0 Å². The summed E-state index contributed by atoms with van der Waals surface area (Å²) in [6.45, 7) is 2.91. The Morgan fingerprint density at radius 3 is 2.17 bits per heavy atom. The molecule has 2 rings (SSSR count). The third kappa shape index (κ3) is 4.28. The first-order chi connectivity index (χ1) is 11.1. The number of likely N-dealkylation sites (tertiary alicyclic amines) is 1. The second-order valence-electron chi connectivity index (χ2n) is 5.86. The minimum Gasteiger partial charge on any atom is -0.493 e. The van der Waals surface area contributed by atoms with E-state index in [2.05, 4.69) is 0 Å². The van der Waals surface area contributed by atoms with Crippen LogP contribution < -0.4 is 14.2 Å². The van der Waals surface area contributed by atoms with Crippen molar-refractivity contribution < 1.29 is 19.0 Å². The highest BCUT2D eigenvalue weighted by Gasteiger charge is 2.23. The average molecular weight is 322 g/mol. The van der Waals surface area contributed by atoms with Gasteiger partial charge in [-0.15, -0.1) is 0 Å². The molecular weight excluding hydrogens is 296 g/mol. The van der Waals surface area contributed by atoms with Crippen LogP contribution >= 0.6 is 0 Å². The summed E-state index contributed by atoms with van der Waals surface area (Å²) in [6, 6.07) is 3.46. The van der Waals surface area contributed by atoms with Gasteiger partial charge in [0.25, 0.3) is 5.91 Å². The highest BCUT2D eigenvalue weighted by Crippen LogP contribution is 2.39. The highest BCUT2D eigenvalue weighted by molar-refractivity contribution is 5.95. The molecule has 0 saturated carbocycles. The fraction of sp³-hybridized carbons (Fsp3) is 0.588. The van der Waals surface area contributed by atoms with Gasteiger partial charge < -0.3 is 24.0 Å². The van der Waals surface area contributed by atoms with Crippen LogP contribution in [0, 0.1) is 0 Å². The summed E-state index contributed by atoms with van der Waals surface area (Å²) in [4.78, 5) is 16.5. The van der Waals surface area contributed by atoms with Gasteiger partial charge in [0.15, 0.2) is 11.5 Å². The van der Waals surface area contributed by atoms with Crippen molar-refractivity contribution in [2.75, 3.05) is 54.6 Å². The minimum atomic E-state index is 0.0129. The summed E-state index contributed by atoms with van der Waals surface area (Å²) in [7, 11) is 7.10. The number of carbonyl (C=O) groups is 1. The van der Waals surface area contributed by atoms with Crippen molar-refractivity contribution in [3.05, 3.63) is 17.7 Å². The van der Waals surface area contributed by atoms with Gasteiger partial charge in [-0.05, 0) is 39.1 Å². The molecule has 23 heavy (non-hydrogen) atoms. The van der Waals surface area contributed by atoms with Gasteiger partial charge in [0.2, 0.25) is 5.75 Å². The molecule has 1 fully saturated rings. The number of benzene rings is 1. The third-order valence-corrected chi connectivity index (χ3v) is 3.89. The molecule has 0 atom stereocenters. The van der Waals surface area contributed by atoms with E-state index in [0.29, 0.717) is 29.4 Å². The van der Waals surface area contributed by atoms with Crippen LogP contribution in [0.5, 0.6) is 17.2 Å². The lowest BCUT2D eigenvalue weighted by Crippen LogP contribution is -2.27. The summed E-state index contributed by atoms with van der Waals surface area (Å²) < 4.78 is 16.6. The summed E-state index contributed by atoms with van der Waals surface area (Å²) >= 11 is 0. The maximum Gasteiger partial charge on any atom is 0.254 e. The first-order valence-corrected chi connectivity index (χ1v) is 7.89. The molecule has 6 heteroatoms. The number of hydrogen-bond donors (Lipinski definition) is 0. The van der Waals surface area contributed by atoms with Gasteiger partial charge in [-0.3, -0.25) is 4.79 Å². The fourth-order valence-corrected chi connectivity index (χ4v) is 2.58. The van der Waals surface area contributed by atoms with Gasteiger partial charge in [-0.25, -0.2) is 0 Å². The molecule has 0 spiro atoms. The summed E-state index contributed by atoms with van der Waals surface area (Å²) in [6.07, 6.45) is 2.12. The van der Waals surface area contributed by atoms with E-state index in [1.165, 1.54) is 0 Å². The third-order valence-electron chi connectivity index (χ3n) is 3.89. The topological polar surface area (TPSA) is 51.2 Å². The number of likely N-dealkylation sites (N-methyl/N-ethyl adjacent to an activating group) is 1. The van der Waals surface area contributed by atoms with Crippen molar-refractivity contribution in [2.45, 2.75) is 12.8 Å². The van der Waals surface area contributed by atoms with Crippen LogP contribution in [0.1, 0.15) is 23.2 Å². The SMILES string of the molecule is COc1cc(C(=O)N2CCCC2)cc(OC)c1OCCN(C)C. The molecular formula is C17H26N2O4. The van der Waals surface area contributed by atoms with Crippen molar-refractivity contribution in [3.8, 4) is 17.2 Å². The molecule has 1 aliphatic heterocycles. The molecule has 1 aromatic rings. The zero-order chi connectivity index (χ0) is 16.8. The normalized spacial score (nSPS) is 14.2. The van der Waals surface area contributed by atoms with E-state index >= 15 is 0 Å². The smallest absolute Gasteiger partial charge is 0.254 e. The Morgan fingerprint density at radius 2 is 1.70 bits per heavy atom. The van der Waals surface area contributed by atoms with Gasteiger partial charge in [0, 0.05) is 25.2 Å². The lowest BCUT2D eigenvalue weighted by atomic mass is 10.1. The van der Waals surface area contributed by atoms with Crippen molar-refractivity contribution in [2.24, 2.45) is 0 Å². The Morgan fingerprint density at radius 1 is 1.13 bits per heavy atom. The summed E-state index contributed by atoms with van der Waals surface area (Å²) in [5.74, 6) is 1.59. The molecule has 0 aromatic heterocycles. The van der Waals surface area contributed by atoms with Gasteiger partial charge in [0.1, 0.15) is 6.61 Å². The number of carbonyl (C=O) groups excluding carboxylic acids is 1. The van der Waals surface area contributed by atoms with Crippen LogP contribution in [0.4, 0.5) is 0 Å². The standard InChI is InChI=1S/C17H26N2O4/c1-18(2)9-10-23-16-14(21-3)11-13(12-15(16)22-4)17(20)19-7-5-6-8-19/h11-12H,5-10H2,1-4H3. The monoisotopic (exact) mass is 322 g/mol. The molecule has 0 radical (unpaired) electrons. The van der Waals surface area contributed by atoms with Gasteiger partial charge in [-0.1, -0.05) is 0 Å². The molecule has 6 nitrogen and oxygen atoms in total. The van der Waals surface area contributed by atoms with E-state index in [1.54, 1.807) is 26.4 Å². The molecule has 0 unspecified atom stereocenters. The fourth-order valence-electron chi connectivity index (χ4n) is 2.58. The second-order valence-corrected chi connectivity index (χ2v) is 5.86. The first-order valence-electron chi connectivity index (χ1n) is 7.89. The predicted molar refractivity (Wildman–Crippen MR) is 88.7 cm³/mol. The Labute approximate surface area is 137 Å². The molecule has 0 bridgehead atoms. The van der Waals surface area contributed by atoms with Crippen molar-refractivity contribution in [3.63, 3.8) is 0 Å². The van der Waals surface area contributed by atoms with Crippen LogP contribution in [0.3, 0.4) is 0 Å². The Balaban J connectivity index is 2.24. The van der Waals surface area contributed by atoms with Crippen LogP contribution in [0.2, 0.25) is 0 Å². The zero-order valence-electron chi connectivity index (χ0n) is 14.4. The van der Waals surface area contributed by atoms with E-state index in [4.69, 9.17) is 14.2 Å². The maximum absolute atomic E-state index is 12.6. The number of hydrogen-bond acceptors (Lipinski definition) is 5. The van der Waals surface area contributed by atoms with Crippen LogP contribution in [0.25, 0.3) is 0 Å².